The summed E-state index contributed by atoms with van der Waals surface area (Å²) < 4.78 is 28.5. The van der Waals surface area contributed by atoms with Gasteiger partial charge in [-0.1, -0.05) is 35.9 Å². The van der Waals surface area contributed by atoms with Gasteiger partial charge in [-0.15, -0.1) is 0 Å². The van der Waals surface area contributed by atoms with Gasteiger partial charge in [0.1, 0.15) is 5.75 Å². The van der Waals surface area contributed by atoms with Crippen LogP contribution in [0.25, 0.3) is 0 Å². The van der Waals surface area contributed by atoms with Crippen molar-refractivity contribution in [3.05, 3.63) is 65.2 Å². The van der Waals surface area contributed by atoms with Gasteiger partial charge >= 0.3 is 6.61 Å². The maximum Gasteiger partial charge on any atom is 0.387 e. The van der Waals surface area contributed by atoms with Gasteiger partial charge in [-0.05, 0) is 30.7 Å². The van der Waals surface area contributed by atoms with Gasteiger partial charge in [-0.3, -0.25) is 4.79 Å². The van der Waals surface area contributed by atoms with E-state index in [0.29, 0.717) is 6.54 Å². The van der Waals surface area contributed by atoms with Crippen LogP contribution in [0.1, 0.15) is 21.5 Å². The Labute approximate surface area is 121 Å². The van der Waals surface area contributed by atoms with E-state index in [2.05, 4.69) is 10.1 Å². The van der Waals surface area contributed by atoms with Crippen molar-refractivity contribution in [2.45, 2.75) is 20.1 Å². The van der Waals surface area contributed by atoms with Crippen LogP contribution >= 0.6 is 0 Å². The van der Waals surface area contributed by atoms with Crippen molar-refractivity contribution in [1.29, 1.82) is 0 Å². The molecule has 0 saturated heterocycles. The molecule has 110 valence electrons. The Morgan fingerprint density at radius 1 is 1.19 bits per heavy atom. The van der Waals surface area contributed by atoms with Gasteiger partial charge in [0.15, 0.2) is 0 Å². The van der Waals surface area contributed by atoms with Crippen LogP contribution in [0, 0.1) is 6.92 Å². The van der Waals surface area contributed by atoms with Crippen LogP contribution in [0.15, 0.2) is 48.5 Å². The normalized spacial score (nSPS) is 10.5. The average molecular weight is 291 g/mol. The van der Waals surface area contributed by atoms with Gasteiger partial charge in [0, 0.05) is 12.1 Å². The molecular formula is C16H15F2NO2. The number of carbonyl (C=O) groups is 1. The fourth-order valence-corrected chi connectivity index (χ4v) is 1.80. The predicted octanol–water partition coefficient (Wildman–Crippen LogP) is 3.53. The maximum atomic E-state index is 12.1. The second-order valence-corrected chi connectivity index (χ2v) is 4.57. The molecule has 0 bridgehead atoms. The number of hydrogen-bond donors (Lipinski definition) is 1. The number of rotatable bonds is 5. The Morgan fingerprint density at radius 2 is 1.90 bits per heavy atom. The molecular weight excluding hydrogens is 276 g/mol. The third-order valence-corrected chi connectivity index (χ3v) is 2.90. The third kappa shape index (κ3) is 4.56. The van der Waals surface area contributed by atoms with E-state index in [4.69, 9.17) is 0 Å². The number of ether oxygens (including phenoxy) is 1. The minimum atomic E-state index is -2.91. The first-order valence-corrected chi connectivity index (χ1v) is 6.43. The lowest BCUT2D eigenvalue weighted by Gasteiger charge is -2.08. The summed E-state index contributed by atoms with van der Waals surface area (Å²) in [6.07, 6.45) is 0. The van der Waals surface area contributed by atoms with E-state index in [1.165, 1.54) is 18.2 Å². The Kier molecular flexibility index (Phi) is 4.87. The summed E-state index contributed by atoms with van der Waals surface area (Å²) in [5.74, 6) is -0.372. The fourth-order valence-electron chi connectivity index (χ4n) is 1.80. The van der Waals surface area contributed by atoms with Crippen LogP contribution in [-0.4, -0.2) is 12.5 Å². The van der Waals surface area contributed by atoms with Crippen LogP contribution in [-0.2, 0) is 6.54 Å². The quantitative estimate of drug-likeness (QED) is 0.915. The van der Waals surface area contributed by atoms with Crippen molar-refractivity contribution in [2.75, 3.05) is 0 Å². The summed E-state index contributed by atoms with van der Waals surface area (Å²) >= 11 is 0. The summed E-state index contributed by atoms with van der Waals surface area (Å²) in [6, 6.07) is 13.5. The Balaban J connectivity index is 1.98. The molecule has 5 heteroatoms. The summed E-state index contributed by atoms with van der Waals surface area (Å²) in [5.41, 5.74) is 2.39. The lowest BCUT2D eigenvalue weighted by molar-refractivity contribution is -0.0498. The highest BCUT2D eigenvalue weighted by atomic mass is 19.3. The molecule has 0 spiro atoms. The molecule has 1 amide bonds. The maximum absolute atomic E-state index is 12.1. The smallest absolute Gasteiger partial charge is 0.387 e. The first-order chi connectivity index (χ1) is 10.0. The SMILES string of the molecule is Cc1ccc(CNC(=O)c2cccc(OC(F)F)c2)cc1. The molecule has 3 nitrogen and oxygen atoms in total. The molecule has 0 aliphatic rings. The summed E-state index contributed by atoms with van der Waals surface area (Å²) in [6.45, 7) is -0.550. The zero-order valence-corrected chi connectivity index (χ0v) is 11.5. The van der Waals surface area contributed by atoms with Crippen molar-refractivity contribution in [3.63, 3.8) is 0 Å². The monoisotopic (exact) mass is 291 g/mol. The molecule has 2 aromatic rings. The Hall–Kier alpha value is -2.43. The summed E-state index contributed by atoms with van der Waals surface area (Å²) in [4.78, 5) is 12.0. The molecule has 2 rings (SSSR count). The lowest BCUT2D eigenvalue weighted by Crippen LogP contribution is -2.22. The molecule has 2 aromatic carbocycles. The van der Waals surface area contributed by atoms with E-state index in [9.17, 15) is 13.6 Å². The minimum absolute atomic E-state index is 0.0343. The van der Waals surface area contributed by atoms with Crippen molar-refractivity contribution in [2.24, 2.45) is 0 Å². The molecule has 0 saturated carbocycles. The van der Waals surface area contributed by atoms with E-state index in [-0.39, 0.29) is 17.2 Å². The molecule has 0 heterocycles. The van der Waals surface area contributed by atoms with E-state index in [1.807, 2.05) is 31.2 Å². The number of alkyl halides is 2. The van der Waals surface area contributed by atoms with Gasteiger partial charge < -0.3 is 10.1 Å². The van der Waals surface area contributed by atoms with Gasteiger partial charge in [-0.2, -0.15) is 8.78 Å². The zero-order valence-electron chi connectivity index (χ0n) is 11.5. The number of amides is 1. The third-order valence-electron chi connectivity index (χ3n) is 2.90. The fraction of sp³-hybridized carbons (Fsp3) is 0.188. The van der Waals surface area contributed by atoms with Crippen LogP contribution in [0.2, 0.25) is 0 Å². The molecule has 0 atom stereocenters. The van der Waals surface area contributed by atoms with Crippen molar-refractivity contribution >= 4 is 5.91 Å². The number of aryl methyl sites for hydroxylation is 1. The van der Waals surface area contributed by atoms with Crippen LogP contribution in [0.5, 0.6) is 5.75 Å². The summed E-state index contributed by atoms with van der Waals surface area (Å²) in [7, 11) is 0. The van der Waals surface area contributed by atoms with Crippen LogP contribution < -0.4 is 10.1 Å². The topological polar surface area (TPSA) is 38.3 Å². The van der Waals surface area contributed by atoms with E-state index in [0.717, 1.165) is 11.1 Å². The van der Waals surface area contributed by atoms with Gasteiger partial charge in [0.05, 0.1) is 0 Å². The lowest BCUT2D eigenvalue weighted by atomic mass is 10.1. The second-order valence-electron chi connectivity index (χ2n) is 4.57. The van der Waals surface area contributed by atoms with Crippen molar-refractivity contribution in [3.8, 4) is 5.75 Å². The highest BCUT2D eigenvalue weighted by Crippen LogP contribution is 2.16. The Morgan fingerprint density at radius 3 is 2.57 bits per heavy atom. The number of carbonyl (C=O) groups excluding carboxylic acids is 1. The molecule has 21 heavy (non-hydrogen) atoms. The number of halogens is 2. The molecule has 0 fully saturated rings. The standard InChI is InChI=1S/C16H15F2NO2/c1-11-5-7-12(8-6-11)10-19-15(20)13-3-2-4-14(9-13)21-16(17)18/h2-9,16H,10H2,1H3,(H,19,20). The summed E-state index contributed by atoms with van der Waals surface area (Å²) in [5, 5.41) is 2.73. The molecule has 0 radical (unpaired) electrons. The van der Waals surface area contributed by atoms with Crippen LogP contribution in [0.3, 0.4) is 0 Å². The molecule has 0 unspecified atom stereocenters. The van der Waals surface area contributed by atoms with E-state index >= 15 is 0 Å². The van der Waals surface area contributed by atoms with E-state index in [1.54, 1.807) is 6.07 Å². The molecule has 1 N–H and O–H groups in total. The molecule has 0 aliphatic heterocycles. The van der Waals surface area contributed by atoms with Crippen molar-refractivity contribution in [1.82, 2.24) is 5.32 Å². The first kappa shape index (κ1) is 15.0. The largest absolute Gasteiger partial charge is 0.435 e. The van der Waals surface area contributed by atoms with Crippen LogP contribution in [0.4, 0.5) is 8.78 Å². The minimum Gasteiger partial charge on any atom is -0.435 e. The van der Waals surface area contributed by atoms with E-state index < -0.39 is 6.61 Å². The Bertz CT molecular complexity index is 612. The van der Waals surface area contributed by atoms with Gasteiger partial charge in [0.2, 0.25) is 0 Å². The average Bonchev–Trinajstić information content (AvgIpc) is 2.46. The van der Waals surface area contributed by atoms with Gasteiger partial charge in [0.25, 0.3) is 5.91 Å². The number of hydrogen-bond acceptors (Lipinski definition) is 2. The molecule has 0 aliphatic carbocycles. The van der Waals surface area contributed by atoms with Gasteiger partial charge in [-0.25, -0.2) is 0 Å². The second kappa shape index (κ2) is 6.83. The predicted molar refractivity (Wildman–Crippen MR) is 75.4 cm³/mol. The first-order valence-electron chi connectivity index (χ1n) is 6.43. The zero-order chi connectivity index (χ0) is 15.2. The highest BCUT2D eigenvalue weighted by Gasteiger charge is 2.09. The number of nitrogens with one attached hydrogen (secondary N) is 1. The van der Waals surface area contributed by atoms with Crippen molar-refractivity contribution < 1.29 is 18.3 Å². The highest BCUT2D eigenvalue weighted by molar-refractivity contribution is 5.94. The molecule has 0 aromatic heterocycles. The number of benzene rings is 2.